The van der Waals surface area contributed by atoms with Crippen LogP contribution in [0.1, 0.15) is 49.9 Å². The number of anilines is 1. The van der Waals surface area contributed by atoms with Crippen molar-refractivity contribution in [2.45, 2.75) is 39.5 Å². The lowest BCUT2D eigenvalue weighted by Gasteiger charge is -2.23. The third-order valence-electron chi connectivity index (χ3n) is 4.01. The number of carbonyl (C=O) groups excluding carboxylic acids is 2. The highest BCUT2D eigenvalue weighted by Gasteiger charge is 2.28. The fourth-order valence-corrected chi connectivity index (χ4v) is 2.69. The first-order chi connectivity index (χ1) is 9.48. The van der Waals surface area contributed by atoms with E-state index in [0.717, 1.165) is 0 Å². The van der Waals surface area contributed by atoms with Crippen LogP contribution >= 0.6 is 0 Å². The van der Waals surface area contributed by atoms with Crippen LogP contribution in [0.2, 0.25) is 0 Å². The van der Waals surface area contributed by atoms with Crippen LogP contribution in [0.3, 0.4) is 0 Å². The molecule has 1 aromatic carbocycles. The van der Waals surface area contributed by atoms with E-state index in [4.69, 9.17) is 0 Å². The van der Waals surface area contributed by atoms with E-state index in [9.17, 15) is 9.59 Å². The minimum Gasteiger partial charge on any atom is -0.337 e. The molecule has 0 radical (unpaired) electrons. The second-order valence-corrected chi connectivity index (χ2v) is 5.96. The molecular weight excluding hydrogens is 252 g/mol. The van der Waals surface area contributed by atoms with Gasteiger partial charge >= 0.3 is 6.03 Å². The van der Waals surface area contributed by atoms with Gasteiger partial charge in [-0.1, -0.05) is 31.9 Å². The number of Topliss-reactive ketones (excluding diaryl/α,β-unsaturated/α-hetero) is 1. The van der Waals surface area contributed by atoms with Gasteiger partial charge in [0, 0.05) is 17.8 Å². The minimum atomic E-state index is -0.209. The molecule has 4 heteroatoms. The number of hydrogen-bond acceptors (Lipinski definition) is 2. The SMILES string of the molecule is CC(=O)c1cccc(NC(=O)NCC2(C)CCCC2)c1. The average molecular weight is 274 g/mol. The molecule has 4 nitrogen and oxygen atoms in total. The number of rotatable bonds is 4. The zero-order valence-electron chi connectivity index (χ0n) is 12.2. The largest absolute Gasteiger partial charge is 0.337 e. The summed E-state index contributed by atoms with van der Waals surface area (Å²) in [4.78, 5) is 23.2. The van der Waals surface area contributed by atoms with Gasteiger partial charge in [-0.3, -0.25) is 4.79 Å². The first-order valence-electron chi connectivity index (χ1n) is 7.14. The summed E-state index contributed by atoms with van der Waals surface area (Å²) >= 11 is 0. The van der Waals surface area contributed by atoms with Crippen molar-refractivity contribution in [3.05, 3.63) is 29.8 Å². The Morgan fingerprint density at radius 3 is 2.60 bits per heavy atom. The Bertz CT molecular complexity index is 505. The molecule has 0 aliphatic heterocycles. The fraction of sp³-hybridized carbons (Fsp3) is 0.500. The molecular formula is C16H22N2O2. The van der Waals surface area contributed by atoms with Crippen LogP contribution in [-0.2, 0) is 0 Å². The highest BCUT2D eigenvalue weighted by Crippen LogP contribution is 2.36. The van der Waals surface area contributed by atoms with Gasteiger partial charge in [-0.15, -0.1) is 0 Å². The summed E-state index contributed by atoms with van der Waals surface area (Å²) < 4.78 is 0. The smallest absolute Gasteiger partial charge is 0.319 e. The van der Waals surface area contributed by atoms with Crippen LogP contribution in [0, 0.1) is 5.41 Å². The van der Waals surface area contributed by atoms with Crippen LogP contribution in [0.25, 0.3) is 0 Å². The molecule has 0 heterocycles. The van der Waals surface area contributed by atoms with Gasteiger partial charge in [-0.25, -0.2) is 4.79 Å². The number of ketones is 1. The Morgan fingerprint density at radius 2 is 1.95 bits per heavy atom. The molecule has 0 spiro atoms. The number of amides is 2. The molecule has 1 aromatic rings. The maximum atomic E-state index is 11.9. The zero-order valence-corrected chi connectivity index (χ0v) is 12.2. The number of hydrogen-bond donors (Lipinski definition) is 2. The van der Waals surface area contributed by atoms with E-state index in [1.807, 2.05) is 0 Å². The van der Waals surface area contributed by atoms with E-state index in [1.165, 1.54) is 32.6 Å². The third kappa shape index (κ3) is 3.83. The molecule has 20 heavy (non-hydrogen) atoms. The molecule has 2 amide bonds. The van der Waals surface area contributed by atoms with Gasteiger partial charge in [-0.2, -0.15) is 0 Å². The van der Waals surface area contributed by atoms with Gasteiger partial charge in [0.15, 0.2) is 5.78 Å². The summed E-state index contributed by atoms with van der Waals surface area (Å²) in [6.45, 7) is 4.43. The normalized spacial score (nSPS) is 16.7. The van der Waals surface area contributed by atoms with Crippen LogP contribution < -0.4 is 10.6 Å². The average Bonchev–Trinajstić information content (AvgIpc) is 2.84. The van der Waals surface area contributed by atoms with Crippen LogP contribution in [0.4, 0.5) is 10.5 Å². The molecule has 1 aliphatic rings. The lowest BCUT2D eigenvalue weighted by molar-refractivity contribution is 0.101. The number of urea groups is 1. The first-order valence-corrected chi connectivity index (χ1v) is 7.14. The van der Waals surface area contributed by atoms with E-state index >= 15 is 0 Å². The highest BCUT2D eigenvalue weighted by molar-refractivity contribution is 5.96. The van der Waals surface area contributed by atoms with Crippen molar-refractivity contribution >= 4 is 17.5 Å². The van der Waals surface area contributed by atoms with Crippen molar-refractivity contribution in [1.82, 2.24) is 5.32 Å². The van der Waals surface area contributed by atoms with Crippen LogP contribution in [0.5, 0.6) is 0 Å². The molecule has 108 valence electrons. The van der Waals surface area contributed by atoms with Crippen molar-refractivity contribution in [3.8, 4) is 0 Å². The quantitative estimate of drug-likeness (QED) is 0.824. The second kappa shape index (κ2) is 6.07. The molecule has 1 aliphatic carbocycles. The standard InChI is InChI=1S/C16H22N2O2/c1-12(19)13-6-5-7-14(10-13)18-15(20)17-11-16(2)8-3-4-9-16/h5-7,10H,3-4,8-9,11H2,1-2H3,(H2,17,18,20). The van der Waals surface area contributed by atoms with Gasteiger partial charge < -0.3 is 10.6 Å². The highest BCUT2D eigenvalue weighted by atomic mass is 16.2. The van der Waals surface area contributed by atoms with E-state index in [-0.39, 0.29) is 17.2 Å². The van der Waals surface area contributed by atoms with Crippen molar-refractivity contribution in [3.63, 3.8) is 0 Å². The molecule has 0 atom stereocenters. The molecule has 2 rings (SSSR count). The lowest BCUT2D eigenvalue weighted by atomic mass is 9.89. The maximum Gasteiger partial charge on any atom is 0.319 e. The third-order valence-corrected chi connectivity index (χ3v) is 4.01. The van der Waals surface area contributed by atoms with Crippen molar-refractivity contribution < 1.29 is 9.59 Å². The van der Waals surface area contributed by atoms with Crippen LogP contribution in [-0.4, -0.2) is 18.4 Å². The number of nitrogens with one attached hydrogen (secondary N) is 2. The van der Waals surface area contributed by atoms with Crippen molar-refractivity contribution in [2.75, 3.05) is 11.9 Å². The summed E-state index contributed by atoms with van der Waals surface area (Å²) in [7, 11) is 0. The zero-order chi connectivity index (χ0) is 14.6. The van der Waals surface area contributed by atoms with Gasteiger partial charge in [-0.05, 0) is 37.3 Å². The first kappa shape index (κ1) is 14.6. The van der Waals surface area contributed by atoms with E-state index in [0.29, 0.717) is 17.8 Å². The minimum absolute atomic E-state index is 0.00692. The Hall–Kier alpha value is -1.84. The molecule has 1 saturated carbocycles. The molecule has 1 fully saturated rings. The van der Waals surface area contributed by atoms with Gasteiger partial charge in [0.25, 0.3) is 0 Å². The summed E-state index contributed by atoms with van der Waals surface area (Å²) in [5.41, 5.74) is 1.48. The number of benzene rings is 1. The molecule has 0 unspecified atom stereocenters. The molecule has 0 saturated heterocycles. The van der Waals surface area contributed by atoms with E-state index < -0.39 is 0 Å². The Morgan fingerprint density at radius 1 is 1.25 bits per heavy atom. The summed E-state index contributed by atoms with van der Waals surface area (Å²) in [5.74, 6) is -0.00692. The van der Waals surface area contributed by atoms with Gasteiger partial charge in [0.1, 0.15) is 0 Å². The summed E-state index contributed by atoms with van der Waals surface area (Å²) in [5, 5.41) is 5.70. The van der Waals surface area contributed by atoms with Crippen LogP contribution in [0.15, 0.2) is 24.3 Å². The molecule has 0 aromatic heterocycles. The fourth-order valence-electron chi connectivity index (χ4n) is 2.69. The second-order valence-electron chi connectivity index (χ2n) is 5.96. The summed E-state index contributed by atoms with van der Waals surface area (Å²) in [6.07, 6.45) is 4.85. The predicted molar refractivity (Wildman–Crippen MR) is 80.0 cm³/mol. The maximum absolute atomic E-state index is 11.9. The van der Waals surface area contributed by atoms with Crippen molar-refractivity contribution in [2.24, 2.45) is 5.41 Å². The predicted octanol–water partition coefficient (Wildman–Crippen LogP) is 3.59. The Labute approximate surface area is 119 Å². The Balaban J connectivity index is 1.88. The lowest BCUT2D eigenvalue weighted by Crippen LogP contribution is -2.36. The van der Waals surface area contributed by atoms with Gasteiger partial charge in [0.05, 0.1) is 0 Å². The van der Waals surface area contributed by atoms with E-state index in [2.05, 4.69) is 17.6 Å². The van der Waals surface area contributed by atoms with Crippen molar-refractivity contribution in [1.29, 1.82) is 0 Å². The Kier molecular flexibility index (Phi) is 4.42. The van der Waals surface area contributed by atoms with E-state index in [1.54, 1.807) is 24.3 Å². The molecule has 0 bridgehead atoms. The number of carbonyl (C=O) groups is 2. The summed E-state index contributed by atoms with van der Waals surface area (Å²) in [6, 6.07) is 6.77. The van der Waals surface area contributed by atoms with Gasteiger partial charge in [0.2, 0.25) is 0 Å². The topological polar surface area (TPSA) is 58.2 Å². The molecule has 2 N–H and O–H groups in total. The monoisotopic (exact) mass is 274 g/mol.